The van der Waals surface area contributed by atoms with E-state index in [0.717, 1.165) is 22.9 Å². The van der Waals surface area contributed by atoms with E-state index in [1.54, 1.807) is 11.3 Å². The summed E-state index contributed by atoms with van der Waals surface area (Å²) in [6.07, 6.45) is 3.95. The van der Waals surface area contributed by atoms with Crippen LogP contribution in [0.4, 0.5) is 5.13 Å². The average molecular weight is 241 g/mol. The Kier molecular flexibility index (Phi) is 2.21. The second kappa shape index (κ2) is 3.57. The number of nitrogens with zero attached hydrogens (tertiary/aromatic N) is 4. The molecule has 0 atom stereocenters. The second-order valence-corrected chi connectivity index (χ2v) is 4.84. The minimum Gasteiger partial charge on any atom is -0.348 e. The minimum absolute atomic E-state index is 0.503. The maximum atomic E-state index is 5.98. The van der Waals surface area contributed by atoms with Gasteiger partial charge in [-0.15, -0.1) is 0 Å². The van der Waals surface area contributed by atoms with Gasteiger partial charge in [0.15, 0.2) is 15.9 Å². The fourth-order valence-corrected chi connectivity index (χ4v) is 2.96. The predicted molar refractivity (Wildman–Crippen MR) is 61.7 cm³/mol. The van der Waals surface area contributed by atoms with Crippen molar-refractivity contribution in [1.82, 2.24) is 15.0 Å². The van der Waals surface area contributed by atoms with E-state index in [2.05, 4.69) is 19.9 Å². The monoisotopic (exact) mass is 240 g/mol. The van der Waals surface area contributed by atoms with Gasteiger partial charge in [-0.3, -0.25) is 0 Å². The van der Waals surface area contributed by atoms with Gasteiger partial charge < -0.3 is 4.90 Å². The summed E-state index contributed by atoms with van der Waals surface area (Å²) in [6.45, 7) is 2.18. The van der Waals surface area contributed by atoms with E-state index in [1.807, 2.05) is 0 Å². The molecule has 1 saturated heterocycles. The molecule has 0 bridgehead atoms. The van der Waals surface area contributed by atoms with Gasteiger partial charge in [-0.1, -0.05) is 22.9 Å². The molecule has 0 spiro atoms. The van der Waals surface area contributed by atoms with Gasteiger partial charge in [-0.05, 0) is 12.8 Å². The van der Waals surface area contributed by atoms with Crippen molar-refractivity contribution in [2.45, 2.75) is 12.8 Å². The Morgan fingerprint density at radius 2 is 2.07 bits per heavy atom. The van der Waals surface area contributed by atoms with Crippen LogP contribution < -0.4 is 4.90 Å². The molecule has 0 amide bonds. The number of thiazole rings is 1. The summed E-state index contributed by atoms with van der Waals surface area (Å²) in [5.74, 6) is 0. The molecule has 0 saturated carbocycles. The highest BCUT2D eigenvalue weighted by atomic mass is 35.5. The van der Waals surface area contributed by atoms with Crippen molar-refractivity contribution < 1.29 is 0 Å². The lowest BCUT2D eigenvalue weighted by Gasteiger charge is -2.11. The first-order valence-corrected chi connectivity index (χ1v) is 6.06. The smallest absolute Gasteiger partial charge is 0.188 e. The first-order chi connectivity index (χ1) is 7.34. The van der Waals surface area contributed by atoms with Crippen molar-refractivity contribution in [3.8, 4) is 0 Å². The molecule has 78 valence electrons. The van der Waals surface area contributed by atoms with Gasteiger partial charge >= 0.3 is 0 Å². The Bertz CT molecular complexity index is 492. The maximum absolute atomic E-state index is 5.98. The van der Waals surface area contributed by atoms with E-state index in [4.69, 9.17) is 11.6 Å². The van der Waals surface area contributed by atoms with E-state index in [-0.39, 0.29) is 0 Å². The third-order valence-electron chi connectivity index (χ3n) is 2.51. The van der Waals surface area contributed by atoms with Crippen LogP contribution in [-0.4, -0.2) is 28.0 Å². The lowest BCUT2D eigenvalue weighted by molar-refractivity contribution is 0.949. The molecule has 1 aliphatic rings. The van der Waals surface area contributed by atoms with Gasteiger partial charge in [0.05, 0.1) is 0 Å². The Morgan fingerprint density at radius 3 is 2.80 bits per heavy atom. The summed E-state index contributed by atoms with van der Waals surface area (Å²) in [5, 5.41) is 1.52. The number of halogens is 1. The third-order valence-corrected chi connectivity index (χ3v) is 4.02. The molecule has 2 aromatic heterocycles. The zero-order chi connectivity index (χ0) is 10.3. The van der Waals surface area contributed by atoms with E-state index < -0.39 is 0 Å². The molecule has 0 radical (unpaired) electrons. The molecule has 1 fully saturated rings. The fraction of sp³-hybridized carbons (Fsp3) is 0.444. The van der Waals surface area contributed by atoms with Crippen molar-refractivity contribution in [1.29, 1.82) is 0 Å². The average Bonchev–Trinajstić information content (AvgIpc) is 2.86. The van der Waals surface area contributed by atoms with Gasteiger partial charge in [0.1, 0.15) is 11.0 Å². The zero-order valence-electron chi connectivity index (χ0n) is 7.98. The number of hydrogen-bond acceptors (Lipinski definition) is 5. The van der Waals surface area contributed by atoms with Crippen LogP contribution in [-0.2, 0) is 0 Å². The molecule has 2 aromatic rings. The van der Waals surface area contributed by atoms with Crippen molar-refractivity contribution in [2.24, 2.45) is 0 Å². The molecule has 4 nitrogen and oxygen atoms in total. The van der Waals surface area contributed by atoms with Gasteiger partial charge in [-0.25, -0.2) is 9.97 Å². The molecule has 0 aliphatic carbocycles. The van der Waals surface area contributed by atoms with Crippen molar-refractivity contribution in [3.63, 3.8) is 0 Å². The van der Waals surface area contributed by atoms with E-state index in [1.165, 1.54) is 19.2 Å². The molecular weight excluding hydrogens is 232 g/mol. The Morgan fingerprint density at radius 1 is 1.27 bits per heavy atom. The standard InChI is InChI=1S/C9H9ClN4S/c10-7-6-8(12-5-11-7)13-9(15-6)14-3-1-2-4-14/h5H,1-4H2. The molecule has 1 aliphatic heterocycles. The summed E-state index contributed by atoms with van der Waals surface area (Å²) in [5.41, 5.74) is 0.710. The molecule has 6 heteroatoms. The normalized spacial score (nSPS) is 16.5. The third kappa shape index (κ3) is 1.55. The highest BCUT2D eigenvalue weighted by Gasteiger charge is 2.17. The first-order valence-electron chi connectivity index (χ1n) is 4.86. The van der Waals surface area contributed by atoms with Gasteiger partial charge in [0, 0.05) is 13.1 Å². The largest absolute Gasteiger partial charge is 0.348 e. The topological polar surface area (TPSA) is 41.9 Å². The van der Waals surface area contributed by atoms with Crippen LogP contribution in [0.2, 0.25) is 5.15 Å². The van der Waals surface area contributed by atoms with Crippen LogP contribution in [0.15, 0.2) is 6.33 Å². The van der Waals surface area contributed by atoms with E-state index in [9.17, 15) is 0 Å². The van der Waals surface area contributed by atoms with Crippen LogP contribution in [0.3, 0.4) is 0 Å². The highest BCUT2D eigenvalue weighted by molar-refractivity contribution is 7.22. The van der Waals surface area contributed by atoms with Crippen LogP contribution >= 0.6 is 22.9 Å². The second-order valence-electron chi connectivity index (χ2n) is 3.51. The van der Waals surface area contributed by atoms with Crippen LogP contribution in [0.5, 0.6) is 0 Å². The maximum Gasteiger partial charge on any atom is 0.188 e. The quantitative estimate of drug-likeness (QED) is 0.718. The van der Waals surface area contributed by atoms with Gasteiger partial charge in [-0.2, -0.15) is 4.98 Å². The van der Waals surface area contributed by atoms with E-state index >= 15 is 0 Å². The summed E-state index contributed by atoms with van der Waals surface area (Å²) in [4.78, 5) is 14.8. The summed E-state index contributed by atoms with van der Waals surface area (Å²) in [6, 6.07) is 0. The summed E-state index contributed by atoms with van der Waals surface area (Å²) in [7, 11) is 0. The molecule has 0 N–H and O–H groups in total. The SMILES string of the molecule is Clc1ncnc2nc(N3CCCC3)sc12. The minimum atomic E-state index is 0.503. The van der Waals surface area contributed by atoms with Crippen LogP contribution in [0, 0.1) is 0 Å². The van der Waals surface area contributed by atoms with Crippen molar-refractivity contribution in [3.05, 3.63) is 11.5 Å². The Hall–Kier alpha value is -0.940. The highest BCUT2D eigenvalue weighted by Crippen LogP contribution is 2.32. The van der Waals surface area contributed by atoms with Gasteiger partial charge in [0.2, 0.25) is 0 Å². The summed E-state index contributed by atoms with van der Waals surface area (Å²) >= 11 is 7.56. The molecule has 15 heavy (non-hydrogen) atoms. The lowest BCUT2D eigenvalue weighted by Crippen LogP contribution is -2.16. The van der Waals surface area contributed by atoms with E-state index in [0.29, 0.717) is 10.8 Å². The number of fused-ring (bicyclic) bond motifs is 1. The van der Waals surface area contributed by atoms with Crippen molar-refractivity contribution in [2.75, 3.05) is 18.0 Å². The molecule has 3 heterocycles. The lowest BCUT2D eigenvalue weighted by atomic mass is 10.4. The van der Waals surface area contributed by atoms with Crippen LogP contribution in [0.1, 0.15) is 12.8 Å². The Balaban J connectivity index is 2.09. The first kappa shape index (κ1) is 9.30. The predicted octanol–water partition coefficient (Wildman–Crippen LogP) is 2.34. The van der Waals surface area contributed by atoms with Gasteiger partial charge in [0.25, 0.3) is 0 Å². The molecule has 0 aromatic carbocycles. The number of aromatic nitrogens is 3. The number of anilines is 1. The zero-order valence-corrected chi connectivity index (χ0v) is 9.55. The molecular formula is C9H9ClN4S. The van der Waals surface area contributed by atoms with Crippen molar-refractivity contribution >= 4 is 38.4 Å². The molecule has 0 unspecified atom stereocenters. The Labute approximate surface area is 95.9 Å². The number of hydrogen-bond donors (Lipinski definition) is 0. The summed E-state index contributed by atoms with van der Waals surface area (Å²) < 4.78 is 0.890. The molecule has 3 rings (SSSR count). The number of rotatable bonds is 1. The fourth-order valence-electron chi connectivity index (χ4n) is 1.76. The van der Waals surface area contributed by atoms with Crippen LogP contribution in [0.25, 0.3) is 10.3 Å².